The first-order chi connectivity index (χ1) is 8.22. The zero-order valence-corrected chi connectivity index (χ0v) is 11.0. The van der Waals surface area contributed by atoms with Crippen LogP contribution in [0.1, 0.15) is 11.3 Å². The Labute approximate surface area is 108 Å². The minimum absolute atomic E-state index is 0.0415. The first-order valence-corrected chi connectivity index (χ1v) is 5.98. The topological polar surface area (TPSA) is 47.3 Å². The van der Waals surface area contributed by atoms with Gasteiger partial charge >= 0.3 is 0 Å². The second-order valence-corrected chi connectivity index (χ2v) is 4.53. The molecule has 0 fully saturated rings. The van der Waals surface area contributed by atoms with Crippen LogP contribution in [0.3, 0.4) is 0 Å². The fourth-order valence-electron chi connectivity index (χ4n) is 1.51. The van der Waals surface area contributed by atoms with E-state index in [0.717, 1.165) is 15.7 Å². The van der Waals surface area contributed by atoms with Gasteiger partial charge in [-0.2, -0.15) is 0 Å². The van der Waals surface area contributed by atoms with Gasteiger partial charge in [-0.15, -0.1) is 0 Å². The Kier molecular flexibility index (Phi) is 3.81. The minimum atomic E-state index is -0.0415. The van der Waals surface area contributed by atoms with Gasteiger partial charge in [-0.1, -0.05) is 12.1 Å². The highest BCUT2D eigenvalue weighted by Crippen LogP contribution is 2.29. The maximum absolute atomic E-state index is 9.24. The smallest absolute Gasteiger partial charge is 0.139 e. The summed E-state index contributed by atoms with van der Waals surface area (Å²) in [5.74, 6) is 0.677. The second kappa shape index (κ2) is 5.33. The highest BCUT2D eigenvalue weighted by Gasteiger charge is 2.08. The molecule has 5 heteroatoms. The molecule has 0 aliphatic rings. The number of para-hydroxylation sites is 1. The lowest BCUT2D eigenvalue weighted by atomic mass is 10.2. The van der Waals surface area contributed by atoms with Crippen LogP contribution < -0.4 is 4.74 Å². The summed E-state index contributed by atoms with van der Waals surface area (Å²) in [5, 5.41) is 9.24. The molecular weight excluding hydrogens is 284 g/mol. The number of imidazole rings is 1. The normalized spacial score (nSPS) is 10.5. The van der Waals surface area contributed by atoms with Gasteiger partial charge in [0.15, 0.2) is 0 Å². The molecule has 1 heterocycles. The van der Waals surface area contributed by atoms with E-state index in [9.17, 15) is 5.11 Å². The fourth-order valence-corrected chi connectivity index (χ4v) is 2.03. The van der Waals surface area contributed by atoms with E-state index in [2.05, 4.69) is 20.9 Å². The highest BCUT2D eigenvalue weighted by atomic mass is 79.9. The fraction of sp³-hybridized carbons (Fsp3) is 0.250. The van der Waals surface area contributed by atoms with Gasteiger partial charge in [0, 0.05) is 12.6 Å². The van der Waals surface area contributed by atoms with Crippen LogP contribution in [-0.4, -0.2) is 14.7 Å². The Balaban J connectivity index is 2.16. The summed E-state index contributed by atoms with van der Waals surface area (Å²) in [6.45, 7) is 0.381. The van der Waals surface area contributed by atoms with Crippen molar-refractivity contribution in [3.63, 3.8) is 0 Å². The molecule has 0 radical (unpaired) electrons. The molecule has 1 N–H and O–H groups in total. The number of aryl methyl sites for hydroxylation is 1. The molecule has 0 saturated carbocycles. The predicted octanol–water partition coefficient (Wildman–Crippen LogP) is 2.25. The van der Waals surface area contributed by atoms with E-state index in [4.69, 9.17) is 4.74 Å². The van der Waals surface area contributed by atoms with Gasteiger partial charge in [-0.05, 0) is 22.0 Å². The number of benzene rings is 1. The first kappa shape index (κ1) is 12.1. The molecule has 1 aromatic heterocycles. The number of rotatable bonds is 4. The molecule has 1 aromatic carbocycles. The molecule has 2 rings (SSSR count). The molecule has 0 aliphatic carbocycles. The van der Waals surface area contributed by atoms with Gasteiger partial charge in [-0.3, -0.25) is 0 Å². The molecule has 4 nitrogen and oxygen atoms in total. The number of aliphatic hydroxyl groups is 1. The van der Waals surface area contributed by atoms with Crippen molar-refractivity contribution in [2.45, 2.75) is 13.2 Å². The Bertz CT molecular complexity index is 511. The summed E-state index contributed by atoms with van der Waals surface area (Å²) < 4.78 is 8.45. The molecule has 0 amide bonds. The number of ether oxygens (including phenoxy) is 1. The quantitative estimate of drug-likeness (QED) is 0.941. The van der Waals surface area contributed by atoms with Gasteiger partial charge in [0.1, 0.15) is 12.4 Å². The van der Waals surface area contributed by atoms with Crippen LogP contribution >= 0.6 is 15.9 Å². The number of hydrogen-bond donors (Lipinski definition) is 1. The lowest BCUT2D eigenvalue weighted by molar-refractivity contribution is 0.255. The van der Waals surface area contributed by atoms with E-state index >= 15 is 0 Å². The molecule has 2 aromatic rings. The lowest BCUT2D eigenvalue weighted by Crippen LogP contribution is -2.03. The maximum atomic E-state index is 9.24. The van der Waals surface area contributed by atoms with E-state index in [1.165, 1.54) is 0 Å². The monoisotopic (exact) mass is 296 g/mol. The van der Waals surface area contributed by atoms with Crippen LogP contribution in [0.2, 0.25) is 0 Å². The van der Waals surface area contributed by atoms with Crippen molar-refractivity contribution in [1.82, 2.24) is 9.55 Å². The molecule has 0 saturated heterocycles. The number of nitrogens with zero attached hydrogens (tertiary/aromatic N) is 2. The van der Waals surface area contributed by atoms with E-state index in [1.807, 2.05) is 29.8 Å². The Morgan fingerprint density at radius 1 is 1.47 bits per heavy atom. The van der Waals surface area contributed by atoms with Crippen molar-refractivity contribution < 1.29 is 9.84 Å². The second-order valence-electron chi connectivity index (χ2n) is 3.67. The van der Waals surface area contributed by atoms with Crippen molar-refractivity contribution in [2.24, 2.45) is 7.05 Å². The molecule has 0 aliphatic heterocycles. The lowest BCUT2D eigenvalue weighted by Gasteiger charge is -2.12. The molecule has 17 heavy (non-hydrogen) atoms. The van der Waals surface area contributed by atoms with Crippen LogP contribution in [0.5, 0.6) is 5.75 Å². The summed E-state index contributed by atoms with van der Waals surface area (Å²) in [4.78, 5) is 4.02. The van der Waals surface area contributed by atoms with Crippen molar-refractivity contribution in [3.05, 3.63) is 46.5 Å². The van der Waals surface area contributed by atoms with E-state index in [-0.39, 0.29) is 6.61 Å². The summed E-state index contributed by atoms with van der Waals surface area (Å²) in [6, 6.07) is 5.59. The first-order valence-electron chi connectivity index (χ1n) is 5.18. The summed E-state index contributed by atoms with van der Waals surface area (Å²) in [5.41, 5.74) is 1.74. The van der Waals surface area contributed by atoms with Gasteiger partial charge < -0.3 is 14.4 Å². The highest BCUT2D eigenvalue weighted by molar-refractivity contribution is 9.10. The molecule has 0 spiro atoms. The Hall–Kier alpha value is -1.33. The zero-order valence-electron chi connectivity index (χ0n) is 9.43. The molecule has 0 atom stereocenters. The number of aromatic nitrogens is 2. The molecule has 90 valence electrons. The largest absolute Gasteiger partial charge is 0.486 e. The van der Waals surface area contributed by atoms with Crippen LogP contribution in [0.4, 0.5) is 0 Å². The standard InChI is InChI=1S/C12H13BrN2O2/c1-15-8-14-5-10(15)7-17-12-9(6-16)3-2-4-11(12)13/h2-5,8,16H,6-7H2,1H3. The predicted molar refractivity (Wildman–Crippen MR) is 67.6 cm³/mol. The van der Waals surface area contributed by atoms with Gasteiger partial charge in [0.05, 0.1) is 29.3 Å². The Morgan fingerprint density at radius 2 is 2.29 bits per heavy atom. The molecule has 0 unspecified atom stereocenters. The van der Waals surface area contributed by atoms with Crippen LogP contribution in [0, 0.1) is 0 Å². The van der Waals surface area contributed by atoms with Crippen molar-refractivity contribution >= 4 is 15.9 Å². The third-order valence-electron chi connectivity index (χ3n) is 2.50. The Morgan fingerprint density at radius 3 is 2.94 bits per heavy atom. The van der Waals surface area contributed by atoms with Crippen LogP contribution in [0.25, 0.3) is 0 Å². The van der Waals surface area contributed by atoms with Crippen molar-refractivity contribution in [2.75, 3.05) is 0 Å². The summed E-state index contributed by atoms with van der Waals surface area (Å²) in [7, 11) is 1.92. The van der Waals surface area contributed by atoms with Gasteiger partial charge in [0.2, 0.25) is 0 Å². The summed E-state index contributed by atoms with van der Waals surface area (Å²) >= 11 is 3.41. The number of halogens is 1. The number of aliphatic hydroxyl groups excluding tert-OH is 1. The van der Waals surface area contributed by atoms with Crippen molar-refractivity contribution in [1.29, 1.82) is 0 Å². The minimum Gasteiger partial charge on any atom is -0.486 e. The van der Waals surface area contributed by atoms with E-state index in [1.54, 1.807) is 12.5 Å². The van der Waals surface area contributed by atoms with Crippen LogP contribution in [0.15, 0.2) is 35.2 Å². The third-order valence-corrected chi connectivity index (χ3v) is 3.12. The maximum Gasteiger partial charge on any atom is 0.139 e. The zero-order chi connectivity index (χ0) is 12.3. The van der Waals surface area contributed by atoms with E-state index < -0.39 is 0 Å². The molecular formula is C12H13BrN2O2. The van der Waals surface area contributed by atoms with Crippen molar-refractivity contribution in [3.8, 4) is 5.75 Å². The molecule has 0 bridgehead atoms. The van der Waals surface area contributed by atoms with E-state index in [0.29, 0.717) is 12.4 Å². The van der Waals surface area contributed by atoms with Gasteiger partial charge in [0.25, 0.3) is 0 Å². The van der Waals surface area contributed by atoms with Gasteiger partial charge in [-0.25, -0.2) is 4.98 Å². The summed E-state index contributed by atoms with van der Waals surface area (Å²) in [6.07, 6.45) is 3.49. The SMILES string of the molecule is Cn1cncc1COc1c(Br)cccc1CO. The average Bonchev–Trinajstić information content (AvgIpc) is 2.73. The van der Waals surface area contributed by atoms with Crippen LogP contribution in [-0.2, 0) is 20.3 Å². The third kappa shape index (κ3) is 2.68. The average molecular weight is 297 g/mol. The number of hydrogen-bond acceptors (Lipinski definition) is 3.